The van der Waals surface area contributed by atoms with E-state index in [1.54, 1.807) is 27.8 Å². The molecule has 8 heteroatoms. The van der Waals surface area contributed by atoms with Crippen LogP contribution in [0.1, 0.15) is 16.1 Å². The number of hydrogen-bond acceptors (Lipinski definition) is 5. The Kier molecular flexibility index (Phi) is 6.47. The van der Waals surface area contributed by atoms with Gasteiger partial charge in [0.05, 0.1) is 11.6 Å². The van der Waals surface area contributed by atoms with Crippen LogP contribution >= 0.6 is 11.6 Å². The van der Waals surface area contributed by atoms with Crippen molar-refractivity contribution in [1.29, 1.82) is 0 Å². The Labute approximate surface area is 190 Å². The minimum atomic E-state index is -0.588. The Hall–Kier alpha value is -3.71. The van der Waals surface area contributed by atoms with Gasteiger partial charge in [-0.2, -0.15) is 0 Å². The van der Waals surface area contributed by atoms with Crippen LogP contribution in [0.15, 0.2) is 83.8 Å². The van der Waals surface area contributed by atoms with Crippen molar-refractivity contribution in [2.24, 2.45) is 0 Å². The number of halogens is 1. The molecule has 0 radical (unpaired) electrons. The molecule has 164 valence electrons. The number of aromatic nitrogens is 1. The van der Waals surface area contributed by atoms with Crippen LogP contribution in [-0.2, 0) is 6.54 Å². The molecule has 0 spiro atoms. The molecule has 2 aromatic carbocycles. The fraction of sp³-hybridized carbons (Fsp3) is 0.167. The fourth-order valence-electron chi connectivity index (χ4n) is 3.46. The zero-order valence-electron chi connectivity index (χ0n) is 17.2. The summed E-state index contributed by atoms with van der Waals surface area (Å²) in [6, 6.07) is 18.2. The second kappa shape index (κ2) is 9.62. The maximum Gasteiger partial charge on any atom is 0.278 e. The summed E-state index contributed by atoms with van der Waals surface area (Å²) in [7, 11) is 0. The molecule has 1 amide bonds. The van der Waals surface area contributed by atoms with Gasteiger partial charge in [-0.15, -0.1) is 0 Å². The van der Waals surface area contributed by atoms with Gasteiger partial charge >= 0.3 is 0 Å². The molecule has 4 rings (SSSR count). The van der Waals surface area contributed by atoms with Crippen molar-refractivity contribution in [3.63, 3.8) is 0 Å². The third-order valence-corrected chi connectivity index (χ3v) is 5.37. The van der Waals surface area contributed by atoms with Crippen molar-refractivity contribution < 1.29 is 14.6 Å². The lowest BCUT2D eigenvalue weighted by Gasteiger charge is -2.39. The standard InChI is InChI=1S/C24H22ClN3O4/c25-19-10-4-5-11-21(19)32-15-7-6-13-26-17-27(16-18-8-2-1-3-9-18)28-14-12-20(29)23(30)22(28)24(26)31/h1-12,14,30H,13,15-17H2/b7-6+. The first-order chi connectivity index (χ1) is 15.5. The van der Waals surface area contributed by atoms with E-state index in [1.165, 1.54) is 12.3 Å². The summed E-state index contributed by atoms with van der Waals surface area (Å²) in [4.78, 5) is 26.5. The van der Waals surface area contributed by atoms with E-state index in [9.17, 15) is 14.7 Å². The molecular formula is C24H22ClN3O4. The maximum atomic E-state index is 13.0. The Morgan fingerprint density at radius 1 is 1.00 bits per heavy atom. The van der Waals surface area contributed by atoms with Gasteiger partial charge in [0.25, 0.3) is 5.91 Å². The summed E-state index contributed by atoms with van der Waals surface area (Å²) in [5.41, 5.74) is 0.407. The van der Waals surface area contributed by atoms with E-state index < -0.39 is 17.1 Å². The number of para-hydroxylation sites is 1. The predicted molar refractivity (Wildman–Crippen MR) is 123 cm³/mol. The minimum Gasteiger partial charge on any atom is -0.502 e. The lowest BCUT2D eigenvalue weighted by molar-refractivity contribution is 0.0706. The first kappa shape index (κ1) is 21.5. The lowest BCUT2D eigenvalue weighted by atomic mass is 10.2. The molecule has 0 bridgehead atoms. The highest BCUT2D eigenvalue weighted by Crippen LogP contribution is 2.23. The molecule has 3 aromatic rings. The van der Waals surface area contributed by atoms with Gasteiger partial charge in [-0.1, -0.05) is 60.1 Å². The van der Waals surface area contributed by atoms with Crippen LogP contribution in [0.5, 0.6) is 11.5 Å². The second-order valence-corrected chi connectivity index (χ2v) is 7.66. The average molecular weight is 452 g/mol. The molecule has 0 unspecified atom stereocenters. The summed E-state index contributed by atoms with van der Waals surface area (Å²) >= 11 is 6.08. The number of fused-ring (bicyclic) bond motifs is 1. The molecular weight excluding hydrogens is 430 g/mol. The maximum absolute atomic E-state index is 13.0. The van der Waals surface area contributed by atoms with Crippen LogP contribution in [0.4, 0.5) is 0 Å². The number of nitrogens with zero attached hydrogens (tertiary/aromatic N) is 3. The van der Waals surface area contributed by atoms with E-state index in [0.717, 1.165) is 5.56 Å². The highest BCUT2D eigenvalue weighted by Gasteiger charge is 2.31. The van der Waals surface area contributed by atoms with Crippen LogP contribution in [-0.4, -0.2) is 40.4 Å². The van der Waals surface area contributed by atoms with Crippen LogP contribution in [0.25, 0.3) is 0 Å². The van der Waals surface area contributed by atoms with Crippen molar-refractivity contribution in [3.8, 4) is 11.5 Å². The summed E-state index contributed by atoms with van der Waals surface area (Å²) in [5, 5.41) is 12.7. The number of hydrogen-bond donors (Lipinski definition) is 1. The summed E-state index contributed by atoms with van der Waals surface area (Å²) < 4.78 is 7.17. The van der Waals surface area contributed by atoms with Gasteiger partial charge in [0, 0.05) is 18.8 Å². The summed E-state index contributed by atoms with van der Waals surface area (Å²) in [6.07, 6.45) is 5.12. The molecule has 0 fully saturated rings. The van der Waals surface area contributed by atoms with Crippen molar-refractivity contribution in [3.05, 3.63) is 106 Å². The van der Waals surface area contributed by atoms with Gasteiger partial charge in [0.1, 0.15) is 19.0 Å². The molecule has 1 aliphatic rings. The number of rotatable bonds is 7. The van der Waals surface area contributed by atoms with E-state index in [1.807, 2.05) is 53.5 Å². The Morgan fingerprint density at radius 2 is 1.75 bits per heavy atom. The zero-order valence-corrected chi connectivity index (χ0v) is 18.0. The van der Waals surface area contributed by atoms with Crippen LogP contribution < -0.4 is 15.2 Å². The van der Waals surface area contributed by atoms with Crippen LogP contribution in [0.3, 0.4) is 0 Å². The second-order valence-electron chi connectivity index (χ2n) is 7.25. The Balaban J connectivity index is 1.50. The zero-order chi connectivity index (χ0) is 22.5. The number of carbonyl (C=O) groups is 1. The van der Waals surface area contributed by atoms with E-state index >= 15 is 0 Å². The molecule has 0 saturated heterocycles. The molecule has 0 atom stereocenters. The monoisotopic (exact) mass is 451 g/mol. The molecule has 2 heterocycles. The predicted octanol–water partition coefficient (Wildman–Crippen LogP) is 3.39. The van der Waals surface area contributed by atoms with Gasteiger partial charge in [-0.25, -0.2) is 0 Å². The number of ether oxygens (including phenoxy) is 1. The molecule has 32 heavy (non-hydrogen) atoms. The smallest absolute Gasteiger partial charge is 0.278 e. The van der Waals surface area contributed by atoms with Gasteiger partial charge < -0.3 is 14.7 Å². The normalized spacial score (nSPS) is 13.5. The first-order valence-corrected chi connectivity index (χ1v) is 10.5. The van der Waals surface area contributed by atoms with Crippen LogP contribution in [0, 0.1) is 0 Å². The Bertz CT molecular complexity index is 1190. The molecule has 0 saturated carbocycles. The first-order valence-electron chi connectivity index (χ1n) is 10.1. The number of amides is 1. The average Bonchev–Trinajstić information content (AvgIpc) is 2.80. The topological polar surface area (TPSA) is 75.0 Å². The van der Waals surface area contributed by atoms with E-state index in [4.69, 9.17) is 16.3 Å². The number of carbonyl (C=O) groups excluding carboxylic acids is 1. The largest absolute Gasteiger partial charge is 0.502 e. The SMILES string of the molecule is O=C1c2c(O)c(=O)ccn2N(Cc2ccccc2)CN1C/C=C/COc1ccccc1Cl. The molecule has 1 aromatic heterocycles. The summed E-state index contributed by atoms with van der Waals surface area (Å²) in [6.45, 7) is 1.37. The number of benzene rings is 2. The van der Waals surface area contributed by atoms with Crippen LogP contribution in [0.2, 0.25) is 5.02 Å². The number of aromatic hydroxyl groups is 1. The highest BCUT2D eigenvalue weighted by molar-refractivity contribution is 6.32. The Morgan fingerprint density at radius 3 is 2.53 bits per heavy atom. The molecule has 0 aliphatic carbocycles. The molecule has 1 N–H and O–H groups in total. The van der Waals surface area contributed by atoms with Crippen molar-refractivity contribution in [2.75, 3.05) is 24.8 Å². The van der Waals surface area contributed by atoms with E-state index in [0.29, 0.717) is 37.1 Å². The van der Waals surface area contributed by atoms with Gasteiger partial charge in [-0.3, -0.25) is 19.3 Å². The van der Waals surface area contributed by atoms with Gasteiger partial charge in [0.15, 0.2) is 11.4 Å². The lowest BCUT2D eigenvalue weighted by Crippen LogP contribution is -2.53. The molecule has 7 nitrogen and oxygen atoms in total. The quantitative estimate of drug-likeness (QED) is 0.557. The molecule has 1 aliphatic heterocycles. The fourth-order valence-corrected chi connectivity index (χ4v) is 3.65. The van der Waals surface area contributed by atoms with Crippen molar-refractivity contribution in [2.45, 2.75) is 6.54 Å². The van der Waals surface area contributed by atoms with Crippen molar-refractivity contribution >= 4 is 17.5 Å². The highest BCUT2D eigenvalue weighted by atomic mass is 35.5. The van der Waals surface area contributed by atoms with Crippen molar-refractivity contribution in [1.82, 2.24) is 9.58 Å². The third kappa shape index (κ3) is 4.63. The van der Waals surface area contributed by atoms with Gasteiger partial charge in [-0.05, 0) is 23.8 Å². The third-order valence-electron chi connectivity index (χ3n) is 5.05. The number of pyridine rings is 1. The minimum absolute atomic E-state index is 0.0413. The van der Waals surface area contributed by atoms with Gasteiger partial charge in [0.2, 0.25) is 5.43 Å². The van der Waals surface area contributed by atoms with E-state index in [2.05, 4.69) is 0 Å². The summed E-state index contributed by atoms with van der Waals surface area (Å²) in [5.74, 6) is -0.382. The van der Waals surface area contributed by atoms with E-state index in [-0.39, 0.29) is 5.69 Å².